The van der Waals surface area contributed by atoms with Crippen molar-refractivity contribution < 1.29 is 12.6 Å². The molecule has 0 N–H and O–H groups in total. The fourth-order valence-corrected chi connectivity index (χ4v) is 3.31. The van der Waals surface area contributed by atoms with E-state index >= 15 is 0 Å². The summed E-state index contributed by atoms with van der Waals surface area (Å²) in [5, 5.41) is 0. The van der Waals surface area contributed by atoms with Gasteiger partial charge in [0, 0.05) is 5.92 Å². The van der Waals surface area contributed by atoms with Crippen molar-refractivity contribution in [3.63, 3.8) is 0 Å². The first-order chi connectivity index (χ1) is 8.46. The van der Waals surface area contributed by atoms with Crippen LogP contribution in [0, 0.1) is 6.92 Å². The molecule has 2 rings (SSSR count). The molecule has 0 spiro atoms. The third kappa shape index (κ3) is 3.56. The Hall–Kier alpha value is -0.870. The van der Waals surface area contributed by atoms with E-state index in [4.69, 9.17) is 4.18 Å². The standard InChI is InChI=1S/C14H20O3S/c1-11-7-9-12(10-8-11)13-5-3-4-6-14(13)17-18(2,15)16/h7-10,13-14H,3-6H2,1-2H3/t13-,14-/m0/s1. The predicted molar refractivity (Wildman–Crippen MR) is 72.1 cm³/mol. The number of benzene rings is 1. The summed E-state index contributed by atoms with van der Waals surface area (Å²) < 4.78 is 27.9. The van der Waals surface area contributed by atoms with Gasteiger partial charge in [0.15, 0.2) is 0 Å². The monoisotopic (exact) mass is 268 g/mol. The van der Waals surface area contributed by atoms with E-state index in [1.807, 2.05) is 0 Å². The van der Waals surface area contributed by atoms with Gasteiger partial charge < -0.3 is 0 Å². The molecule has 0 aliphatic heterocycles. The molecule has 0 heterocycles. The Labute approximate surface area is 109 Å². The van der Waals surface area contributed by atoms with E-state index in [1.54, 1.807) is 0 Å². The molecule has 0 bridgehead atoms. The summed E-state index contributed by atoms with van der Waals surface area (Å²) in [5.74, 6) is 0.203. The summed E-state index contributed by atoms with van der Waals surface area (Å²) >= 11 is 0. The molecule has 0 amide bonds. The molecule has 3 nitrogen and oxygen atoms in total. The van der Waals surface area contributed by atoms with Crippen LogP contribution in [-0.4, -0.2) is 20.8 Å². The molecule has 0 radical (unpaired) electrons. The summed E-state index contributed by atoms with van der Waals surface area (Å²) in [7, 11) is -3.37. The van der Waals surface area contributed by atoms with E-state index in [1.165, 1.54) is 11.1 Å². The minimum Gasteiger partial charge on any atom is -0.266 e. The number of hydrogen-bond acceptors (Lipinski definition) is 3. The molecule has 1 aromatic carbocycles. The SMILES string of the molecule is Cc1ccc([C@@H]2CCCC[C@@H]2OS(C)(=O)=O)cc1. The maximum atomic E-state index is 11.3. The van der Waals surface area contributed by atoms with Crippen LogP contribution in [0.2, 0.25) is 0 Å². The molecule has 0 unspecified atom stereocenters. The molecule has 18 heavy (non-hydrogen) atoms. The van der Waals surface area contributed by atoms with Gasteiger partial charge in [-0.25, -0.2) is 0 Å². The lowest BCUT2D eigenvalue weighted by Crippen LogP contribution is -2.28. The van der Waals surface area contributed by atoms with Crippen LogP contribution in [0.5, 0.6) is 0 Å². The molecule has 1 aliphatic carbocycles. The fourth-order valence-electron chi connectivity index (χ4n) is 2.63. The minimum atomic E-state index is -3.37. The van der Waals surface area contributed by atoms with Gasteiger partial charge in [-0.2, -0.15) is 8.42 Å². The Bertz CT molecular complexity index is 490. The lowest BCUT2D eigenvalue weighted by molar-refractivity contribution is 0.138. The van der Waals surface area contributed by atoms with Gasteiger partial charge in [-0.1, -0.05) is 42.7 Å². The number of hydrogen-bond donors (Lipinski definition) is 0. The van der Waals surface area contributed by atoms with E-state index < -0.39 is 10.1 Å². The first kappa shape index (κ1) is 13.6. The molecule has 1 aliphatic rings. The Kier molecular flexibility index (Phi) is 4.07. The van der Waals surface area contributed by atoms with Crippen LogP contribution in [-0.2, 0) is 14.3 Å². The van der Waals surface area contributed by atoms with Gasteiger partial charge in [0.1, 0.15) is 0 Å². The fraction of sp³-hybridized carbons (Fsp3) is 0.571. The molecule has 1 aromatic rings. The van der Waals surface area contributed by atoms with E-state index in [9.17, 15) is 8.42 Å². The zero-order chi connectivity index (χ0) is 13.2. The van der Waals surface area contributed by atoms with Gasteiger partial charge in [-0.15, -0.1) is 0 Å². The van der Waals surface area contributed by atoms with Gasteiger partial charge in [0.25, 0.3) is 10.1 Å². The second-order valence-corrected chi connectivity index (χ2v) is 6.74. The summed E-state index contributed by atoms with van der Waals surface area (Å²) in [6.07, 6.45) is 4.95. The summed E-state index contributed by atoms with van der Waals surface area (Å²) in [5.41, 5.74) is 2.41. The van der Waals surface area contributed by atoms with Crippen molar-refractivity contribution in [2.75, 3.05) is 6.26 Å². The Balaban J connectivity index is 2.20. The van der Waals surface area contributed by atoms with Crippen LogP contribution in [0.15, 0.2) is 24.3 Å². The third-order valence-electron chi connectivity index (χ3n) is 3.51. The van der Waals surface area contributed by atoms with Crippen molar-refractivity contribution in [1.29, 1.82) is 0 Å². The van der Waals surface area contributed by atoms with E-state index in [-0.39, 0.29) is 12.0 Å². The van der Waals surface area contributed by atoms with Crippen molar-refractivity contribution in [1.82, 2.24) is 0 Å². The van der Waals surface area contributed by atoms with Crippen molar-refractivity contribution >= 4 is 10.1 Å². The smallest absolute Gasteiger partial charge is 0.264 e. The summed E-state index contributed by atoms with van der Waals surface area (Å²) in [6, 6.07) is 8.32. The van der Waals surface area contributed by atoms with E-state index in [0.717, 1.165) is 31.9 Å². The van der Waals surface area contributed by atoms with E-state index in [0.29, 0.717) is 0 Å². The third-order valence-corrected chi connectivity index (χ3v) is 4.10. The quantitative estimate of drug-likeness (QED) is 0.791. The van der Waals surface area contributed by atoms with Gasteiger partial charge in [-0.3, -0.25) is 4.18 Å². The second-order valence-electron chi connectivity index (χ2n) is 5.14. The maximum Gasteiger partial charge on any atom is 0.264 e. The van der Waals surface area contributed by atoms with Crippen molar-refractivity contribution in [3.05, 3.63) is 35.4 Å². The first-order valence-electron chi connectivity index (χ1n) is 6.40. The molecule has 4 heteroatoms. The molecule has 1 saturated carbocycles. The number of aryl methyl sites for hydroxylation is 1. The highest BCUT2D eigenvalue weighted by molar-refractivity contribution is 7.86. The molecule has 0 saturated heterocycles. The number of rotatable bonds is 3. The van der Waals surface area contributed by atoms with Crippen LogP contribution in [0.3, 0.4) is 0 Å². The van der Waals surface area contributed by atoms with Crippen LogP contribution < -0.4 is 0 Å². The second kappa shape index (κ2) is 5.41. The predicted octanol–water partition coefficient (Wildman–Crippen LogP) is 3.00. The molecule has 0 aromatic heterocycles. The lowest BCUT2D eigenvalue weighted by Gasteiger charge is -2.30. The highest BCUT2D eigenvalue weighted by atomic mass is 32.2. The Morgan fingerprint density at radius 1 is 1.11 bits per heavy atom. The maximum absolute atomic E-state index is 11.3. The molecular formula is C14H20O3S. The lowest BCUT2D eigenvalue weighted by atomic mass is 9.81. The van der Waals surface area contributed by atoms with Crippen molar-refractivity contribution in [2.24, 2.45) is 0 Å². The zero-order valence-corrected chi connectivity index (χ0v) is 11.7. The van der Waals surface area contributed by atoms with Crippen LogP contribution >= 0.6 is 0 Å². The Morgan fingerprint density at radius 3 is 2.33 bits per heavy atom. The minimum absolute atomic E-state index is 0.198. The zero-order valence-electron chi connectivity index (χ0n) is 10.9. The van der Waals surface area contributed by atoms with Gasteiger partial charge in [0.05, 0.1) is 12.4 Å². The first-order valence-corrected chi connectivity index (χ1v) is 8.22. The molecule has 2 atom stereocenters. The molecule has 100 valence electrons. The van der Waals surface area contributed by atoms with Crippen molar-refractivity contribution in [3.8, 4) is 0 Å². The summed E-state index contributed by atoms with van der Waals surface area (Å²) in [4.78, 5) is 0. The average Bonchev–Trinajstić information content (AvgIpc) is 2.29. The van der Waals surface area contributed by atoms with Crippen LogP contribution in [0.4, 0.5) is 0 Å². The molecule has 1 fully saturated rings. The Morgan fingerprint density at radius 2 is 1.72 bits per heavy atom. The molecular weight excluding hydrogens is 248 g/mol. The van der Waals surface area contributed by atoms with Crippen LogP contribution in [0.25, 0.3) is 0 Å². The average molecular weight is 268 g/mol. The van der Waals surface area contributed by atoms with Gasteiger partial charge in [0.2, 0.25) is 0 Å². The van der Waals surface area contributed by atoms with Gasteiger partial charge in [-0.05, 0) is 25.3 Å². The highest BCUT2D eigenvalue weighted by Gasteiger charge is 2.29. The van der Waals surface area contributed by atoms with Gasteiger partial charge >= 0.3 is 0 Å². The van der Waals surface area contributed by atoms with Crippen molar-refractivity contribution in [2.45, 2.75) is 44.6 Å². The van der Waals surface area contributed by atoms with Crippen LogP contribution in [0.1, 0.15) is 42.7 Å². The topological polar surface area (TPSA) is 43.4 Å². The normalized spacial score (nSPS) is 25.0. The highest BCUT2D eigenvalue weighted by Crippen LogP contribution is 2.35. The summed E-state index contributed by atoms with van der Waals surface area (Å²) in [6.45, 7) is 2.05. The largest absolute Gasteiger partial charge is 0.266 e. The van der Waals surface area contributed by atoms with E-state index in [2.05, 4.69) is 31.2 Å².